The van der Waals surface area contributed by atoms with Crippen LogP contribution < -0.4 is 10.2 Å². The van der Waals surface area contributed by atoms with Crippen LogP contribution in [0.1, 0.15) is 15.9 Å². The van der Waals surface area contributed by atoms with Crippen molar-refractivity contribution in [3.8, 4) is 0 Å². The van der Waals surface area contributed by atoms with Crippen LogP contribution in [0.15, 0.2) is 42.5 Å². The van der Waals surface area contributed by atoms with E-state index in [1.807, 2.05) is 0 Å². The second-order valence-electron chi connectivity index (χ2n) is 5.79. The van der Waals surface area contributed by atoms with Crippen LogP contribution in [0.2, 0.25) is 5.02 Å². The third-order valence-electron chi connectivity index (χ3n) is 4.09. The zero-order valence-electron chi connectivity index (χ0n) is 13.6. The molecular formula is C18H17ClFN3O2. The van der Waals surface area contributed by atoms with Gasteiger partial charge in [-0.3, -0.25) is 9.69 Å². The summed E-state index contributed by atoms with van der Waals surface area (Å²) in [7, 11) is 1.59. The number of rotatable bonds is 4. The fraction of sp³-hybridized carbons (Fsp3) is 0.222. The van der Waals surface area contributed by atoms with Gasteiger partial charge in [0.05, 0.1) is 0 Å². The van der Waals surface area contributed by atoms with E-state index < -0.39 is 5.82 Å². The Kier molecular flexibility index (Phi) is 4.90. The van der Waals surface area contributed by atoms with Crippen LogP contribution >= 0.6 is 11.6 Å². The van der Waals surface area contributed by atoms with Gasteiger partial charge in [-0.15, -0.1) is 0 Å². The molecule has 1 saturated heterocycles. The molecule has 0 atom stereocenters. The number of benzene rings is 2. The molecule has 130 valence electrons. The van der Waals surface area contributed by atoms with Crippen molar-refractivity contribution in [3.63, 3.8) is 0 Å². The molecule has 0 unspecified atom stereocenters. The predicted molar refractivity (Wildman–Crippen MR) is 94.4 cm³/mol. The van der Waals surface area contributed by atoms with Gasteiger partial charge in [0.2, 0.25) is 0 Å². The summed E-state index contributed by atoms with van der Waals surface area (Å²) < 4.78 is 13.9. The number of carbonyl (C=O) groups is 2. The summed E-state index contributed by atoms with van der Waals surface area (Å²) in [5.74, 6) is -0.695. The van der Waals surface area contributed by atoms with E-state index in [1.54, 1.807) is 42.3 Å². The average molecular weight is 362 g/mol. The lowest BCUT2D eigenvalue weighted by Gasteiger charge is -2.19. The third kappa shape index (κ3) is 3.58. The molecular weight excluding hydrogens is 345 g/mol. The number of carbonyl (C=O) groups excluding carboxylic acids is 2. The number of nitrogens with zero attached hydrogens (tertiary/aromatic N) is 2. The Bertz CT molecular complexity index is 790. The molecule has 0 spiro atoms. The Morgan fingerprint density at radius 2 is 2.00 bits per heavy atom. The van der Waals surface area contributed by atoms with Crippen molar-refractivity contribution in [1.29, 1.82) is 0 Å². The molecule has 2 aromatic rings. The van der Waals surface area contributed by atoms with Gasteiger partial charge in [-0.25, -0.2) is 9.18 Å². The lowest BCUT2D eigenvalue weighted by molar-refractivity contribution is 0.0784. The molecule has 0 bridgehead atoms. The maximum absolute atomic E-state index is 13.9. The second kappa shape index (κ2) is 7.11. The highest BCUT2D eigenvalue weighted by atomic mass is 35.5. The topological polar surface area (TPSA) is 52.7 Å². The molecule has 3 amide bonds. The summed E-state index contributed by atoms with van der Waals surface area (Å²) in [6.45, 7) is 1.27. The van der Waals surface area contributed by atoms with Crippen LogP contribution in [-0.2, 0) is 6.54 Å². The summed E-state index contributed by atoms with van der Waals surface area (Å²) in [5.41, 5.74) is 1.47. The number of urea groups is 1. The van der Waals surface area contributed by atoms with Crippen molar-refractivity contribution in [2.75, 3.05) is 25.0 Å². The SMILES string of the molecule is CN(Cc1c(F)cccc1Cl)C(=O)c1ccc(N2CCNC2=O)cc1. The number of hydrogen-bond acceptors (Lipinski definition) is 2. The van der Waals surface area contributed by atoms with Gasteiger partial charge < -0.3 is 10.2 Å². The first-order valence-corrected chi connectivity index (χ1v) is 8.19. The first kappa shape index (κ1) is 17.2. The molecule has 5 nitrogen and oxygen atoms in total. The summed E-state index contributed by atoms with van der Waals surface area (Å²) in [6, 6.07) is 11.0. The van der Waals surface area contributed by atoms with E-state index in [2.05, 4.69) is 5.32 Å². The zero-order chi connectivity index (χ0) is 18.0. The molecule has 1 aliphatic rings. The summed E-state index contributed by atoms with van der Waals surface area (Å²) in [6.07, 6.45) is 0. The van der Waals surface area contributed by atoms with Gasteiger partial charge in [0.1, 0.15) is 5.82 Å². The third-order valence-corrected chi connectivity index (χ3v) is 4.44. The van der Waals surface area contributed by atoms with Crippen molar-refractivity contribution >= 4 is 29.2 Å². The average Bonchev–Trinajstić information content (AvgIpc) is 3.03. The molecule has 0 aliphatic carbocycles. The molecule has 0 radical (unpaired) electrons. The van der Waals surface area contributed by atoms with Gasteiger partial charge in [-0.05, 0) is 36.4 Å². The Morgan fingerprint density at radius 3 is 2.60 bits per heavy atom. The van der Waals surface area contributed by atoms with Crippen molar-refractivity contribution in [1.82, 2.24) is 10.2 Å². The minimum absolute atomic E-state index is 0.0701. The van der Waals surface area contributed by atoms with Crippen molar-refractivity contribution in [3.05, 3.63) is 64.4 Å². The Labute approximate surface area is 150 Å². The van der Waals surface area contributed by atoms with E-state index in [4.69, 9.17) is 11.6 Å². The monoisotopic (exact) mass is 361 g/mol. The van der Waals surface area contributed by atoms with Gasteiger partial charge in [0, 0.05) is 48.5 Å². The van der Waals surface area contributed by atoms with E-state index >= 15 is 0 Å². The highest BCUT2D eigenvalue weighted by Gasteiger charge is 2.22. The maximum atomic E-state index is 13.9. The Hall–Kier alpha value is -2.60. The van der Waals surface area contributed by atoms with Crippen LogP contribution in [0, 0.1) is 5.82 Å². The maximum Gasteiger partial charge on any atom is 0.321 e. The van der Waals surface area contributed by atoms with Crippen LogP contribution in [0.3, 0.4) is 0 Å². The second-order valence-corrected chi connectivity index (χ2v) is 6.20. The molecule has 1 N–H and O–H groups in total. The number of anilines is 1. The van der Waals surface area contributed by atoms with Gasteiger partial charge in [-0.2, -0.15) is 0 Å². The minimum atomic E-state index is -0.442. The molecule has 1 fully saturated rings. The van der Waals surface area contributed by atoms with Crippen LogP contribution in [0.5, 0.6) is 0 Å². The molecule has 3 rings (SSSR count). The number of nitrogens with one attached hydrogen (secondary N) is 1. The van der Waals surface area contributed by atoms with E-state index in [9.17, 15) is 14.0 Å². The van der Waals surface area contributed by atoms with Gasteiger partial charge in [-0.1, -0.05) is 17.7 Å². The summed E-state index contributed by atoms with van der Waals surface area (Å²) in [5, 5.41) is 3.01. The molecule has 1 heterocycles. The fourth-order valence-electron chi connectivity index (χ4n) is 2.71. The predicted octanol–water partition coefficient (Wildman–Crippen LogP) is 3.28. The standard InChI is InChI=1S/C18H17ClFN3O2/c1-22(11-14-15(19)3-2-4-16(14)20)17(24)12-5-7-13(8-6-12)23-10-9-21-18(23)25/h2-8H,9-11H2,1H3,(H,21,25). The van der Waals surface area contributed by atoms with Crippen molar-refractivity contribution in [2.45, 2.75) is 6.54 Å². The first-order valence-electron chi connectivity index (χ1n) is 7.81. The van der Waals surface area contributed by atoms with E-state index in [-0.39, 0.29) is 29.1 Å². The first-order chi connectivity index (χ1) is 12.0. The Morgan fingerprint density at radius 1 is 1.28 bits per heavy atom. The lowest BCUT2D eigenvalue weighted by Crippen LogP contribution is -2.28. The smallest absolute Gasteiger partial charge is 0.321 e. The van der Waals surface area contributed by atoms with Crippen LogP contribution in [-0.4, -0.2) is 37.0 Å². The normalized spacial score (nSPS) is 13.7. The lowest BCUT2D eigenvalue weighted by atomic mass is 10.1. The largest absolute Gasteiger partial charge is 0.337 e. The molecule has 0 saturated carbocycles. The van der Waals surface area contributed by atoms with E-state index in [1.165, 1.54) is 17.0 Å². The van der Waals surface area contributed by atoms with E-state index in [0.717, 1.165) is 5.69 Å². The Balaban J connectivity index is 1.73. The van der Waals surface area contributed by atoms with Gasteiger partial charge in [0.15, 0.2) is 0 Å². The molecule has 25 heavy (non-hydrogen) atoms. The molecule has 0 aromatic heterocycles. The number of halogens is 2. The molecule has 2 aromatic carbocycles. The highest BCUT2D eigenvalue weighted by Crippen LogP contribution is 2.22. The van der Waals surface area contributed by atoms with Gasteiger partial charge in [0.25, 0.3) is 5.91 Å². The molecule has 7 heteroatoms. The van der Waals surface area contributed by atoms with Crippen molar-refractivity contribution in [2.24, 2.45) is 0 Å². The van der Waals surface area contributed by atoms with Crippen LogP contribution in [0.25, 0.3) is 0 Å². The fourth-order valence-corrected chi connectivity index (χ4v) is 2.94. The number of amides is 3. The van der Waals surface area contributed by atoms with Crippen LogP contribution in [0.4, 0.5) is 14.9 Å². The quantitative estimate of drug-likeness (QED) is 0.908. The summed E-state index contributed by atoms with van der Waals surface area (Å²) >= 11 is 6.01. The zero-order valence-corrected chi connectivity index (χ0v) is 14.4. The molecule has 1 aliphatic heterocycles. The summed E-state index contributed by atoms with van der Waals surface area (Å²) in [4.78, 5) is 27.2. The van der Waals surface area contributed by atoms with Crippen molar-refractivity contribution < 1.29 is 14.0 Å². The highest BCUT2D eigenvalue weighted by molar-refractivity contribution is 6.31. The van der Waals surface area contributed by atoms with Gasteiger partial charge >= 0.3 is 6.03 Å². The van der Waals surface area contributed by atoms with E-state index in [0.29, 0.717) is 18.7 Å². The minimum Gasteiger partial charge on any atom is -0.337 e. The number of hydrogen-bond donors (Lipinski definition) is 1.